The van der Waals surface area contributed by atoms with Gasteiger partial charge in [-0.25, -0.2) is 4.39 Å². The Labute approximate surface area is 153 Å². The van der Waals surface area contributed by atoms with Crippen molar-refractivity contribution in [2.45, 2.75) is 0 Å². The van der Waals surface area contributed by atoms with Crippen LogP contribution in [-0.2, 0) is 0 Å². The van der Waals surface area contributed by atoms with E-state index in [0.29, 0.717) is 22.5 Å². The van der Waals surface area contributed by atoms with Gasteiger partial charge in [-0.3, -0.25) is 10.1 Å². The second-order valence-corrected chi connectivity index (χ2v) is 5.48. The summed E-state index contributed by atoms with van der Waals surface area (Å²) in [6, 6.07) is 16.8. The fourth-order valence-corrected chi connectivity index (χ4v) is 2.49. The molecular formula is C20H10FN3O3. The number of allylic oxidation sites excluding steroid dienone is 1. The van der Waals surface area contributed by atoms with Crippen LogP contribution in [0.1, 0.15) is 16.9 Å². The second kappa shape index (κ2) is 7.34. The monoisotopic (exact) mass is 359 g/mol. The number of nitro benzene ring substituents is 1. The highest BCUT2D eigenvalue weighted by molar-refractivity contribution is 5.89. The molecule has 0 aliphatic heterocycles. The van der Waals surface area contributed by atoms with E-state index in [1.165, 1.54) is 18.2 Å². The number of nitriles is 2. The number of nitrogens with zero attached hydrogens (tertiary/aromatic N) is 3. The Hall–Kier alpha value is -4.23. The summed E-state index contributed by atoms with van der Waals surface area (Å²) in [7, 11) is 0. The summed E-state index contributed by atoms with van der Waals surface area (Å²) in [6.07, 6.45) is 1.49. The van der Waals surface area contributed by atoms with E-state index in [2.05, 4.69) is 6.07 Å². The van der Waals surface area contributed by atoms with E-state index in [1.807, 2.05) is 6.07 Å². The molecule has 0 saturated carbocycles. The van der Waals surface area contributed by atoms with Gasteiger partial charge in [0.25, 0.3) is 5.69 Å². The second-order valence-electron chi connectivity index (χ2n) is 5.48. The molecule has 1 aromatic heterocycles. The number of hydrogen-bond acceptors (Lipinski definition) is 5. The molecule has 0 aliphatic rings. The molecule has 0 bridgehead atoms. The van der Waals surface area contributed by atoms with Gasteiger partial charge in [-0.15, -0.1) is 0 Å². The van der Waals surface area contributed by atoms with Crippen molar-refractivity contribution in [2.75, 3.05) is 0 Å². The van der Waals surface area contributed by atoms with Crippen LogP contribution < -0.4 is 0 Å². The fourth-order valence-electron chi connectivity index (χ4n) is 2.49. The van der Waals surface area contributed by atoms with E-state index in [0.717, 1.165) is 12.1 Å². The Morgan fingerprint density at radius 3 is 2.48 bits per heavy atom. The van der Waals surface area contributed by atoms with Crippen LogP contribution >= 0.6 is 0 Å². The van der Waals surface area contributed by atoms with E-state index in [9.17, 15) is 19.8 Å². The predicted octanol–water partition coefficient (Wildman–Crippen LogP) is 4.93. The standard InChI is InChI=1S/C20H10FN3O3/c21-16-5-7-18(19(10-16)24(25)26)20-8-6-17(27-20)9-15(12-23)14-3-1-13(11-22)2-4-14/h1-10H/b15-9-. The van der Waals surface area contributed by atoms with Gasteiger partial charge in [-0.2, -0.15) is 10.5 Å². The molecule has 7 heteroatoms. The normalized spacial score (nSPS) is 10.9. The first-order valence-corrected chi connectivity index (χ1v) is 7.68. The summed E-state index contributed by atoms with van der Waals surface area (Å²) in [6.45, 7) is 0. The quantitative estimate of drug-likeness (QED) is 0.373. The van der Waals surface area contributed by atoms with E-state index in [1.54, 1.807) is 30.3 Å². The number of furan rings is 1. The Morgan fingerprint density at radius 1 is 1.11 bits per heavy atom. The fraction of sp³-hybridized carbons (Fsp3) is 0. The molecular weight excluding hydrogens is 349 g/mol. The van der Waals surface area contributed by atoms with Crippen molar-refractivity contribution < 1.29 is 13.7 Å². The van der Waals surface area contributed by atoms with Crippen LogP contribution in [0.25, 0.3) is 23.0 Å². The van der Waals surface area contributed by atoms with Gasteiger partial charge in [0.15, 0.2) is 0 Å². The van der Waals surface area contributed by atoms with Crippen molar-refractivity contribution in [1.29, 1.82) is 10.5 Å². The summed E-state index contributed by atoms with van der Waals surface area (Å²) in [5.41, 5.74) is 1.10. The van der Waals surface area contributed by atoms with E-state index in [-0.39, 0.29) is 11.3 Å². The Bertz CT molecular complexity index is 1130. The number of benzene rings is 2. The van der Waals surface area contributed by atoms with Crippen molar-refractivity contribution in [3.63, 3.8) is 0 Å². The molecule has 0 spiro atoms. The third-order valence-corrected chi connectivity index (χ3v) is 3.78. The van der Waals surface area contributed by atoms with Crippen LogP contribution in [0, 0.1) is 38.6 Å². The van der Waals surface area contributed by atoms with Gasteiger partial charge in [0.1, 0.15) is 17.3 Å². The molecule has 3 rings (SSSR count). The smallest absolute Gasteiger partial charge is 0.283 e. The van der Waals surface area contributed by atoms with Gasteiger partial charge in [-0.1, -0.05) is 12.1 Å². The maximum Gasteiger partial charge on any atom is 0.283 e. The van der Waals surface area contributed by atoms with Crippen molar-refractivity contribution in [1.82, 2.24) is 0 Å². The van der Waals surface area contributed by atoms with Gasteiger partial charge in [0.2, 0.25) is 0 Å². The highest BCUT2D eigenvalue weighted by Gasteiger charge is 2.19. The molecule has 0 radical (unpaired) electrons. The summed E-state index contributed by atoms with van der Waals surface area (Å²) in [5.74, 6) is -0.223. The minimum Gasteiger partial charge on any atom is -0.456 e. The zero-order chi connectivity index (χ0) is 19.4. The highest BCUT2D eigenvalue weighted by Crippen LogP contribution is 2.32. The molecule has 3 aromatic rings. The van der Waals surface area contributed by atoms with Crippen molar-refractivity contribution >= 4 is 17.3 Å². The lowest BCUT2D eigenvalue weighted by atomic mass is 10.0. The lowest BCUT2D eigenvalue weighted by Gasteiger charge is -2.00. The van der Waals surface area contributed by atoms with Crippen LogP contribution in [0.3, 0.4) is 0 Å². The largest absolute Gasteiger partial charge is 0.456 e. The van der Waals surface area contributed by atoms with Gasteiger partial charge in [0, 0.05) is 0 Å². The minimum atomic E-state index is -0.718. The Morgan fingerprint density at radius 2 is 1.85 bits per heavy atom. The summed E-state index contributed by atoms with van der Waals surface area (Å²) in [5, 5.41) is 29.4. The topological polar surface area (TPSA) is 104 Å². The van der Waals surface area contributed by atoms with Crippen molar-refractivity contribution in [3.05, 3.63) is 87.4 Å². The molecule has 0 atom stereocenters. The minimum absolute atomic E-state index is 0.137. The first-order chi connectivity index (χ1) is 13.0. The number of hydrogen-bond donors (Lipinski definition) is 0. The van der Waals surface area contributed by atoms with Crippen LogP contribution in [0.5, 0.6) is 0 Å². The van der Waals surface area contributed by atoms with Gasteiger partial charge >= 0.3 is 0 Å². The molecule has 0 amide bonds. The molecule has 6 nitrogen and oxygen atoms in total. The molecule has 27 heavy (non-hydrogen) atoms. The summed E-state index contributed by atoms with van der Waals surface area (Å²) >= 11 is 0. The third kappa shape index (κ3) is 3.73. The van der Waals surface area contributed by atoms with Gasteiger partial charge < -0.3 is 4.42 Å². The van der Waals surface area contributed by atoms with Gasteiger partial charge in [0.05, 0.1) is 39.8 Å². The zero-order valence-corrected chi connectivity index (χ0v) is 13.7. The Kier molecular flexibility index (Phi) is 4.78. The van der Waals surface area contributed by atoms with Crippen LogP contribution in [-0.4, -0.2) is 4.92 Å². The average Bonchev–Trinajstić information content (AvgIpc) is 3.14. The van der Waals surface area contributed by atoms with E-state index >= 15 is 0 Å². The molecule has 0 unspecified atom stereocenters. The molecule has 130 valence electrons. The Balaban J connectivity index is 1.98. The molecule has 0 aliphatic carbocycles. The lowest BCUT2D eigenvalue weighted by molar-refractivity contribution is -0.384. The zero-order valence-electron chi connectivity index (χ0n) is 13.7. The van der Waals surface area contributed by atoms with Crippen LogP contribution in [0.15, 0.2) is 59.0 Å². The van der Waals surface area contributed by atoms with Crippen molar-refractivity contribution in [2.24, 2.45) is 0 Å². The molecule has 0 saturated heterocycles. The molecule has 1 heterocycles. The third-order valence-electron chi connectivity index (χ3n) is 3.78. The van der Waals surface area contributed by atoms with Gasteiger partial charge in [-0.05, 0) is 48.0 Å². The summed E-state index contributed by atoms with van der Waals surface area (Å²) in [4.78, 5) is 10.4. The molecule has 0 fully saturated rings. The lowest BCUT2D eigenvalue weighted by Crippen LogP contribution is -1.92. The highest BCUT2D eigenvalue weighted by atomic mass is 19.1. The maximum atomic E-state index is 13.3. The molecule has 2 aromatic carbocycles. The van der Waals surface area contributed by atoms with E-state index in [4.69, 9.17) is 9.68 Å². The van der Waals surface area contributed by atoms with Crippen LogP contribution in [0.2, 0.25) is 0 Å². The van der Waals surface area contributed by atoms with Crippen molar-refractivity contribution in [3.8, 4) is 23.5 Å². The summed E-state index contributed by atoms with van der Waals surface area (Å²) < 4.78 is 18.9. The number of halogens is 1. The molecule has 0 N–H and O–H groups in total. The maximum absolute atomic E-state index is 13.3. The van der Waals surface area contributed by atoms with E-state index < -0.39 is 16.4 Å². The first-order valence-electron chi connectivity index (χ1n) is 7.68. The first kappa shape index (κ1) is 17.6. The number of rotatable bonds is 4. The SMILES string of the molecule is N#C/C(=C/c1ccc(-c2ccc(F)cc2[N+](=O)[O-])o1)c1ccc(C#N)cc1. The number of nitro groups is 1. The average molecular weight is 359 g/mol. The predicted molar refractivity (Wildman–Crippen MR) is 95.4 cm³/mol. The van der Waals surface area contributed by atoms with Crippen LogP contribution in [0.4, 0.5) is 10.1 Å².